The van der Waals surface area contributed by atoms with Crippen LogP contribution >= 0.6 is 0 Å². The van der Waals surface area contributed by atoms with Crippen molar-refractivity contribution in [3.05, 3.63) is 71.8 Å². The Morgan fingerprint density at radius 3 is 2.28 bits per heavy atom. The van der Waals surface area contributed by atoms with E-state index in [-0.39, 0.29) is 30.6 Å². The summed E-state index contributed by atoms with van der Waals surface area (Å²) in [4.78, 5) is 23.2. The highest BCUT2D eigenvalue weighted by Gasteiger charge is 2.43. The zero-order valence-electron chi connectivity index (χ0n) is 13.8. The number of hydrazone groups is 1. The predicted molar refractivity (Wildman–Crippen MR) is 95.3 cm³/mol. The van der Waals surface area contributed by atoms with Crippen LogP contribution in [-0.2, 0) is 9.59 Å². The zero-order chi connectivity index (χ0) is 17.6. The van der Waals surface area contributed by atoms with Crippen LogP contribution in [0.15, 0.2) is 65.8 Å². The summed E-state index contributed by atoms with van der Waals surface area (Å²) in [5.74, 6) is -0.822. The number of aliphatic carboxylic acids is 1. The van der Waals surface area contributed by atoms with Crippen molar-refractivity contribution < 1.29 is 14.7 Å². The SMILES string of the molecule is O=C(O)CCC(=NNC(=O)C1CC1c1ccccc1)c1ccccc1. The molecule has 3 rings (SSSR count). The van der Waals surface area contributed by atoms with Crippen molar-refractivity contribution in [3.8, 4) is 0 Å². The van der Waals surface area contributed by atoms with Crippen molar-refractivity contribution in [1.29, 1.82) is 0 Å². The lowest BCUT2D eigenvalue weighted by Crippen LogP contribution is -2.22. The highest BCUT2D eigenvalue weighted by atomic mass is 16.4. The van der Waals surface area contributed by atoms with Crippen molar-refractivity contribution in [3.63, 3.8) is 0 Å². The molecule has 0 spiro atoms. The molecule has 0 heterocycles. The third-order valence-electron chi connectivity index (χ3n) is 4.34. The van der Waals surface area contributed by atoms with Crippen LogP contribution in [0.3, 0.4) is 0 Å². The average Bonchev–Trinajstić information content (AvgIpc) is 3.44. The van der Waals surface area contributed by atoms with Gasteiger partial charge in [0.25, 0.3) is 0 Å². The number of hydrogen-bond donors (Lipinski definition) is 2. The third kappa shape index (κ3) is 4.53. The molecule has 0 bridgehead atoms. The van der Waals surface area contributed by atoms with E-state index in [1.165, 1.54) is 5.56 Å². The number of amides is 1. The number of carboxylic acid groups (broad SMARTS) is 1. The Hall–Kier alpha value is -2.95. The molecule has 0 radical (unpaired) electrons. The molecule has 1 fully saturated rings. The van der Waals surface area contributed by atoms with Crippen molar-refractivity contribution in [2.45, 2.75) is 25.2 Å². The van der Waals surface area contributed by atoms with E-state index in [0.717, 1.165) is 12.0 Å². The minimum absolute atomic E-state index is 0.0281. The number of carbonyl (C=O) groups is 2. The van der Waals surface area contributed by atoms with E-state index in [9.17, 15) is 9.59 Å². The van der Waals surface area contributed by atoms with Gasteiger partial charge in [-0.05, 0) is 23.5 Å². The fourth-order valence-electron chi connectivity index (χ4n) is 2.88. The van der Waals surface area contributed by atoms with E-state index in [2.05, 4.69) is 10.5 Å². The lowest BCUT2D eigenvalue weighted by Gasteiger charge is -2.06. The van der Waals surface area contributed by atoms with Crippen molar-refractivity contribution in [2.24, 2.45) is 11.0 Å². The Bertz CT molecular complexity index is 772. The fraction of sp³-hybridized carbons (Fsp3) is 0.250. The van der Waals surface area contributed by atoms with Crippen LogP contribution in [0, 0.1) is 5.92 Å². The maximum absolute atomic E-state index is 12.3. The van der Waals surface area contributed by atoms with Gasteiger partial charge in [0.1, 0.15) is 0 Å². The second-order valence-electron chi connectivity index (χ2n) is 6.15. The van der Waals surface area contributed by atoms with E-state index >= 15 is 0 Å². The smallest absolute Gasteiger partial charge is 0.303 e. The topological polar surface area (TPSA) is 78.8 Å². The van der Waals surface area contributed by atoms with Crippen LogP contribution in [-0.4, -0.2) is 22.7 Å². The molecule has 1 aliphatic carbocycles. The number of benzene rings is 2. The number of carbonyl (C=O) groups excluding carboxylic acids is 1. The molecular formula is C20H20N2O3. The maximum atomic E-state index is 12.3. The minimum Gasteiger partial charge on any atom is -0.481 e. The van der Waals surface area contributed by atoms with E-state index in [1.54, 1.807) is 0 Å². The van der Waals surface area contributed by atoms with Gasteiger partial charge in [0.05, 0.1) is 12.1 Å². The summed E-state index contributed by atoms with van der Waals surface area (Å²) in [5, 5.41) is 13.1. The monoisotopic (exact) mass is 336 g/mol. The van der Waals surface area contributed by atoms with E-state index < -0.39 is 5.97 Å². The number of carboxylic acids is 1. The molecule has 0 aromatic heterocycles. The standard InChI is InChI=1S/C20H20N2O3/c23-19(24)12-11-18(15-9-5-2-6-10-15)21-22-20(25)17-13-16(17)14-7-3-1-4-8-14/h1-10,16-17H,11-13H2,(H,22,25)(H,23,24). The van der Waals surface area contributed by atoms with Crippen LogP contribution in [0.4, 0.5) is 0 Å². The van der Waals surface area contributed by atoms with Crippen LogP contribution in [0.25, 0.3) is 0 Å². The molecule has 1 aliphatic rings. The molecule has 2 atom stereocenters. The average molecular weight is 336 g/mol. The molecule has 0 saturated heterocycles. The van der Waals surface area contributed by atoms with Gasteiger partial charge < -0.3 is 5.11 Å². The van der Waals surface area contributed by atoms with Crippen molar-refractivity contribution in [1.82, 2.24) is 5.43 Å². The van der Waals surface area contributed by atoms with Gasteiger partial charge in [-0.2, -0.15) is 5.10 Å². The second-order valence-corrected chi connectivity index (χ2v) is 6.15. The van der Waals surface area contributed by atoms with Gasteiger partial charge in [-0.3, -0.25) is 9.59 Å². The molecule has 1 saturated carbocycles. The summed E-state index contributed by atoms with van der Waals surface area (Å²) >= 11 is 0. The first-order valence-electron chi connectivity index (χ1n) is 8.33. The Morgan fingerprint density at radius 1 is 1.00 bits per heavy atom. The molecule has 5 nitrogen and oxygen atoms in total. The Kier molecular flexibility index (Phi) is 5.23. The molecule has 1 amide bonds. The minimum atomic E-state index is -0.888. The van der Waals surface area contributed by atoms with Crippen LogP contribution < -0.4 is 5.43 Å². The predicted octanol–water partition coefficient (Wildman–Crippen LogP) is 3.18. The molecule has 2 N–H and O–H groups in total. The molecule has 2 unspecified atom stereocenters. The quantitative estimate of drug-likeness (QED) is 0.602. The molecule has 128 valence electrons. The zero-order valence-corrected chi connectivity index (χ0v) is 13.8. The number of rotatable bonds is 7. The third-order valence-corrected chi connectivity index (χ3v) is 4.34. The van der Waals surface area contributed by atoms with Crippen LogP contribution in [0.5, 0.6) is 0 Å². The lowest BCUT2D eigenvalue weighted by molar-refractivity contribution is -0.136. The maximum Gasteiger partial charge on any atom is 0.303 e. The first kappa shape index (κ1) is 16.9. The van der Waals surface area contributed by atoms with E-state index in [1.807, 2.05) is 60.7 Å². The first-order valence-corrected chi connectivity index (χ1v) is 8.33. The summed E-state index contributed by atoms with van der Waals surface area (Å²) in [6.45, 7) is 0. The number of nitrogens with zero attached hydrogens (tertiary/aromatic N) is 1. The Morgan fingerprint density at radius 2 is 1.64 bits per heavy atom. The second kappa shape index (κ2) is 7.75. The summed E-state index contributed by atoms with van der Waals surface area (Å²) in [6.07, 6.45) is 1.06. The molecule has 2 aromatic carbocycles. The Balaban J connectivity index is 1.65. The van der Waals surface area contributed by atoms with Gasteiger partial charge in [-0.1, -0.05) is 60.7 Å². The summed E-state index contributed by atoms with van der Waals surface area (Å²) in [5.41, 5.74) is 5.19. The van der Waals surface area contributed by atoms with Gasteiger partial charge >= 0.3 is 5.97 Å². The van der Waals surface area contributed by atoms with Crippen molar-refractivity contribution >= 4 is 17.6 Å². The lowest BCUT2D eigenvalue weighted by atomic mass is 10.1. The first-order chi connectivity index (χ1) is 12.1. The Labute approximate surface area is 146 Å². The highest BCUT2D eigenvalue weighted by molar-refractivity contribution is 6.02. The van der Waals surface area contributed by atoms with Gasteiger partial charge in [0.2, 0.25) is 5.91 Å². The number of nitrogens with one attached hydrogen (secondary N) is 1. The summed E-state index contributed by atoms with van der Waals surface area (Å²) in [6, 6.07) is 19.3. The normalized spacial score (nSPS) is 19.3. The molecule has 25 heavy (non-hydrogen) atoms. The molecular weight excluding hydrogens is 316 g/mol. The van der Waals surface area contributed by atoms with Crippen molar-refractivity contribution in [2.75, 3.05) is 0 Å². The highest BCUT2D eigenvalue weighted by Crippen LogP contribution is 2.47. The van der Waals surface area contributed by atoms with Gasteiger partial charge in [0.15, 0.2) is 0 Å². The molecule has 5 heteroatoms. The number of hydrogen-bond acceptors (Lipinski definition) is 3. The summed E-state index contributed by atoms with van der Waals surface area (Å²) < 4.78 is 0. The van der Waals surface area contributed by atoms with Crippen LogP contribution in [0.1, 0.15) is 36.3 Å². The van der Waals surface area contributed by atoms with E-state index in [4.69, 9.17) is 5.11 Å². The molecule has 2 aromatic rings. The van der Waals surface area contributed by atoms with E-state index in [0.29, 0.717) is 5.71 Å². The van der Waals surface area contributed by atoms with Gasteiger partial charge in [-0.25, -0.2) is 5.43 Å². The largest absolute Gasteiger partial charge is 0.481 e. The fourth-order valence-corrected chi connectivity index (χ4v) is 2.88. The van der Waals surface area contributed by atoms with Gasteiger partial charge in [-0.15, -0.1) is 0 Å². The van der Waals surface area contributed by atoms with Crippen LogP contribution in [0.2, 0.25) is 0 Å². The van der Waals surface area contributed by atoms with Gasteiger partial charge in [0, 0.05) is 12.3 Å². The molecule has 0 aliphatic heterocycles. The summed E-state index contributed by atoms with van der Waals surface area (Å²) in [7, 11) is 0.